The monoisotopic (exact) mass is 268 g/mol. The molecule has 0 amide bonds. The van der Waals surface area contributed by atoms with Gasteiger partial charge < -0.3 is 0 Å². The van der Waals surface area contributed by atoms with E-state index < -0.39 is 0 Å². The maximum absolute atomic E-state index is 11.8. The molecule has 102 valence electrons. The van der Waals surface area contributed by atoms with Crippen molar-refractivity contribution in [2.24, 2.45) is 0 Å². The first kappa shape index (κ1) is 15.3. The average Bonchev–Trinajstić information content (AvgIpc) is 2.76. The Balaban J connectivity index is 2.50. The van der Waals surface area contributed by atoms with Gasteiger partial charge in [0.25, 0.3) is 0 Å². The van der Waals surface area contributed by atoms with Crippen LogP contribution in [0.2, 0.25) is 0 Å². The molecule has 0 aliphatic rings. The summed E-state index contributed by atoms with van der Waals surface area (Å²) in [5.74, 6) is 0.860. The second kappa shape index (κ2) is 7.62. The summed E-state index contributed by atoms with van der Waals surface area (Å²) in [5.41, 5.74) is 0.899. The zero-order valence-corrected chi connectivity index (χ0v) is 12.7. The summed E-state index contributed by atoms with van der Waals surface area (Å²) < 4.78 is 2.00. The molecule has 1 heterocycles. The van der Waals surface area contributed by atoms with E-state index in [1.165, 1.54) is 0 Å². The predicted molar refractivity (Wildman–Crippen MR) is 78.2 cm³/mol. The molecular formula is C14H24N2OS. The van der Waals surface area contributed by atoms with Gasteiger partial charge >= 0.3 is 0 Å². The molecule has 0 radical (unpaired) electrons. The van der Waals surface area contributed by atoms with E-state index in [4.69, 9.17) is 0 Å². The van der Waals surface area contributed by atoms with Crippen LogP contribution in [0.15, 0.2) is 12.3 Å². The highest BCUT2D eigenvalue weighted by Crippen LogP contribution is 2.15. The zero-order chi connectivity index (χ0) is 13.5. The van der Waals surface area contributed by atoms with Crippen LogP contribution in [-0.2, 0) is 11.2 Å². The standard InChI is InChI=1S/C14H24N2OS/c1-5-13(6-2)16-8-7-12(15-16)9-14(17)10-18-11(3)4/h7-8,11,13H,5-6,9-10H2,1-4H3. The number of carbonyl (C=O) groups is 1. The SMILES string of the molecule is CCC(CC)n1ccc(CC(=O)CSC(C)C)n1. The Labute approximate surface area is 114 Å². The van der Waals surface area contributed by atoms with Crippen molar-refractivity contribution in [1.82, 2.24) is 9.78 Å². The van der Waals surface area contributed by atoms with Crippen LogP contribution in [-0.4, -0.2) is 26.6 Å². The zero-order valence-electron chi connectivity index (χ0n) is 11.8. The number of rotatable bonds is 8. The minimum absolute atomic E-state index is 0.267. The highest BCUT2D eigenvalue weighted by Gasteiger charge is 2.11. The minimum atomic E-state index is 0.267. The third-order valence-electron chi connectivity index (χ3n) is 2.94. The summed E-state index contributed by atoms with van der Waals surface area (Å²) >= 11 is 1.70. The Hall–Kier alpha value is -0.770. The van der Waals surface area contributed by atoms with Gasteiger partial charge in [0, 0.05) is 6.20 Å². The molecule has 0 bridgehead atoms. The van der Waals surface area contributed by atoms with Gasteiger partial charge in [0.05, 0.1) is 23.9 Å². The average molecular weight is 268 g/mol. The van der Waals surface area contributed by atoms with Gasteiger partial charge in [-0.1, -0.05) is 27.7 Å². The first-order chi connectivity index (χ1) is 8.56. The lowest BCUT2D eigenvalue weighted by molar-refractivity contribution is -0.116. The van der Waals surface area contributed by atoms with Crippen molar-refractivity contribution >= 4 is 17.5 Å². The van der Waals surface area contributed by atoms with Gasteiger partial charge in [0.15, 0.2) is 0 Å². The van der Waals surface area contributed by atoms with Crippen LogP contribution in [0.1, 0.15) is 52.3 Å². The third kappa shape index (κ3) is 4.84. The number of aromatic nitrogens is 2. The molecule has 0 N–H and O–H groups in total. The van der Waals surface area contributed by atoms with Crippen LogP contribution in [0.5, 0.6) is 0 Å². The molecule has 1 aromatic rings. The summed E-state index contributed by atoms with van der Waals surface area (Å²) in [6.07, 6.45) is 4.62. The largest absolute Gasteiger partial charge is 0.298 e. The van der Waals surface area contributed by atoms with E-state index in [1.54, 1.807) is 11.8 Å². The highest BCUT2D eigenvalue weighted by atomic mass is 32.2. The fraction of sp³-hybridized carbons (Fsp3) is 0.714. The Morgan fingerprint density at radius 2 is 2.06 bits per heavy atom. The number of thioether (sulfide) groups is 1. The van der Waals surface area contributed by atoms with Crippen molar-refractivity contribution < 1.29 is 4.79 Å². The summed E-state index contributed by atoms with van der Waals surface area (Å²) in [6.45, 7) is 8.55. The van der Waals surface area contributed by atoms with E-state index >= 15 is 0 Å². The lowest BCUT2D eigenvalue weighted by atomic mass is 10.2. The predicted octanol–water partition coefficient (Wildman–Crippen LogP) is 3.50. The second-order valence-corrected chi connectivity index (χ2v) is 6.40. The number of ketones is 1. The summed E-state index contributed by atoms with van der Waals surface area (Å²) in [7, 11) is 0. The van der Waals surface area contributed by atoms with Crippen LogP contribution >= 0.6 is 11.8 Å². The van der Waals surface area contributed by atoms with E-state index in [1.807, 2.05) is 16.9 Å². The van der Waals surface area contributed by atoms with E-state index in [0.29, 0.717) is 23.5 Å². The molecule has 0 spiro atoms. The Morgan fingerprint density at radius 3 is 2.61 bits per heavy atom. The molecule has 0 aromatic carbocycles. The van der Waals surface area contributed by atoms with Crippen LogP contribution in [0, 0.1) is 0 Å². The second-order valence-electron chi connectivity index (χ2n) is 4.83. The number of Topliss-reactive ketones (excluding diaryl/α,β-unsaturated/α-hetero) is 1. The van der Waals surface area contributed by atoms with Crippen LogP contribution in [0.4, 0.5) is 0 Å². The number of nitrogens with zero attached hydrogens (tertiary/aromatic N) is 2. The first-order valence-corrected chi connectivity index (χ1v) is 7.79. The molecule has 18 heavy (non-hydrogen) atoms. The fourth-order valence-corrected chi connectivity index (χ4v) is 2.47. The van der Waals surface area contributed by atoms with Gasteiger partial charge in [-0.2, -0.15) is 16.9 Å². The molecule has 0 saturated heterocycles. The highest BCUT2D eigenvalue weighted by molar-refractivity contribution is 8.00. The molecule has 3 nitrogen and oxygen atoms in total. The normalized spacial score (nSPS) is 11.4. The first-order valence-electron chi connectivity index (χ1n) is 6.74. The smallest absolute Gasteiger partial charge is 0.148 e. The van der Waals surface area contributed by atoms with Crippen LogP contribution < -0.4 is 0 Å². The molecule has 0 unspecified atom stereocenters. The number of hydrogen-bond acceptors (Lipinski definition) is 3. The van der Waals surface area contributed by atoms with Gasteiger partial charge in [-0.3, -0.25) is 9.48 Å². The van der Waals surface area contributed by atoms with E-state index in [2.05, 4.69) is 32.8 Å². The third-order valence-corrected chi connectivity index (χ3v) is 4.09. The molecule has 0 aliphatic heterocycles. The van der Waals surface area contributed by atoms with Crippen molar-refractivity contribution in [3.63, 3.8) is 0 Å². The van der Waals surface area contributed by atoms with Crippen molar-refractivity contribution in [3.05, 3.63) is 18.0 Å². The molecule has 0 fully saturated rings. The lowest BCUT2D eigenvalue weighted by Gasteiger charge is -2.12. The van der Waals surface area contributed by atoms with Gasteiger partial charge in [-0.05, 0) is 24.2 Å². The molecule has 4 heteroatoms. The number of carbonyl (C=O) groups excluding carboxylic acids is 1. The van der Waals surface area contributed by atoms with Crippen molar-refractivity contribution in [3.8, 4) is 0 Å². The van der Waals surface area contributed by atoms with Gasteiger partial charge in [0.2, 0.25) is 0 Å². The molecule has 0 atom stereocenters. The minimum Gasteiger partial charge on any atom is -0.298 e. The van der Waals surface area contributed by atoms with Crippen LogP contribution in [0.25, 0.3) is 0 Å². The number of hydrogen-bond donors (Lipinski definition) is 0. The van der Waals surface area contributed by atoms with Crippen molar-refractivity contribution in [2.75, 3.05) is 5.75 Å². The molecule has 1 rings (SSSR count). The topological polar surface area (TPSA) is 34.9 Å². The quantitative estimate of drug-likeness (QED) is 0.724. The van der Waals surface area contributed by atoms with Gasteiger partial charge in [0.1, 0.15) is 5.78 Å². The maximum atomic E-state index is 11.8. The Kier molecular flexibility index (Phi) is 6.47. The molecule has 0 saturated carbocycles. The van der Waals surface area contributed by atoms with Gasteiger partial charge in [-0.15, -0.1) is 0 Å². The van der Waals surface area contributed by atoms with E-state index in [9.17, 15) is 4.79 Å². The Bertz CT molecular complexity index is 370. The fourth-order valence-electron chi connectivity index (χ4n) is 1.85. The molecule has 0 aliphatic carbocycles. The summed E-state index contributed by atoms with van der Waals surface area (Å²) in [4.78, 5) is 11.8. The van der Waals surface area contributed by atoms with Gasteiger partial charge in [-0.25, -0.2) is 0 Å². The lowest BCUT2D eigenvalue weighted by Crippen LogP contribution is -2.11. The van der Waals surface area contributed by atoms with E-state index in [0.717, 1.165) is 18.5 Å². The summed E-state index contributed by atoms with van der Waals surface area (Å²) in [5, 5.41) is 5.02. The van der Waals surface area contributed by atoms with Crippen molar-refractivity contribution in [1.29, 1.82) is 0 Å². The Morgan fingerprint density at radius 1 is 1.39 bits per heavy atom. The van der Waals surface area contributed by atoms with Crippen molar-refractivity contribution in [2.45, 2.75) is 58.2 Å². The summed E-state index contributed by atoms with van der Waals surface area (Å²) in [6, 6.07) is 2.43. The molecular weight excluding hydrogens is 244 g/mol. The van der Waals surface area contributed by atoms with Crippen LogP contribution in [0.3, 0.4) is 0 Å². The van der Waals surface area contributed by atoms with E-state index in [-0.39, 0.29) is 5.78 Å². The maximum Gasteiger partial charge on any atom is 0.148 e. The molecule has 1 aromatic heterocycles.